The molecular formula is C12H16BO3-. The van der Waals surface area contributed by atoms with Gasteiger partial charge >= 0.3 is 6.75 Å². The van der Waals surface area contributed by atoms with Gasteiger partial charge in [0.05, 0.1) is 0 Å². The highest BCUT2D eigenvalue weighted by molar-refractivity contribution is 6.60. The average molecular weight is 219 g/mol. The second-order valence-corrected chi connectivity index (χ2v) is 5.22. The zero-order valence-electron chi connectivity index (χ0n) is 9.52. The average Bonchev–Trinajstić information content (AvgIpc) is 2.33. The lowest BCUT2D eigenvalue weighted by Gasteiger charge is -2.58. The Morgan fingerprint density at radius 3 is 2.19 bits per heavy atom. The summed E-state index contributed by atoms with van der Waals surface area (Å²) in [7, 11) is 0. The first-order valence-electron chi connectivity index (χ1n) is 5.81. The Kier molecular flexibility index (Phi) is 2.31. The lowest BCUT2D eigenvalue weighted by Crippen LogP contribution is -2.64. The lowest BCUT2D eigenvalue weighted by atomic mass is 9.66. The summed E-state index contributed by atoms with van der Waals surface area (Å²) in [6, 6.07) is 10.2. The highest BCUT2D eigenvalue weighted by atomic mass is 16.8. The fourth-order valence-electron chi connectivity index (χ4n) is 2.33. The van der Waals surface area contributed by atoms with Gasteiger partial charge in [0.1, 0.15) is 0 Å². The molecule has 3 aliphatic rings. The van der Waals surface area contributed by atoms with Gasteiger partial charge in [-0.2, -0.15) is 0 Å². The van der Waals surface area contributed by atoms with Crippen molar-refractivity contribution in [3.63, 3.8) is 0 Å². The molecule has 4 rings (SSSR count). The van der Waals surface area contributed by atoms with Gasteiger partial charge in [-0.1, -0.05) is 49.1 Å². The summed E-state index contributed by atoms with van der Waals surface area (Å²) in [6.45, 7) is 2.85. The molecule has 0 aromatic heterocycles. The van der Waals surface area contributed by atoms with E-state index in [1.807, 2.05) is 18.2 Å². The molecule has 0 radical (unpaired) electrons. The molecule has 0 amide bonds. The Morgan fingerprint density at radius 2 is 1.62 bits per heavy atom. The molecule has 3 saturated heterocycles. The van der Waals surface area contributed by atoms with E-state index >= 15 is 0 Å². The third-order valence-electron chi connectivity index (χ3n) is 3.39. The van der Waals surface area contributed by atoms with Gasteiger partial charge in [0.25, 0.3) is 0 Å². The fraction of sp³-hybridized carbons (Fsp3) is 0.500. The van der Waals surface area contributed by atoms with Gasteiger partial charge < -0.3 is 14.0 Å². The molecule has 0 N–H and O–H groups in total. The number of benzene rings is 1. The zero-order valence-corrected chi connectivity index (χ0v) is 9.52. The van der Waals surface area contributed by atoms with E-state index in [9.17, 15) is 0 Å². The third-order valence-corrected chi connectivity index (χ3v) is 3.39. The summed E-state index contributed by atoms with van der Waals surface area (Å²) in [4.78, 5) is 0. The maximum Gasteiger partial charge on any atom is 0.383 e. The molecule has 3 nitrogen and oxygen atoms in total. The van der Waals surface area contributed by atoms with Crippen molar-refractivity contribution in [2.75, 3.05) is 19.8 Å². The highest BCUT2D eigenvalue weighted by Crippen LogP contribution is 2.36. The van der Waals surface area contributed by atoms with Gasteiger partial charge in [-0.3, -0.25) is 0 Å². The molecule has 4 heteroatoms. The van der Waals surface area contributed by atoms with Crippen molar-refractivity contribution in [3.8, 4) is 0 Å². The second kappa shape index (κ2) is 3.59. The molecule has 0 spiro atoms. The molecule has 1 aromatic carbocycles. The summed E-state index contributed by atoms with van der Waals surface area (Å²) in [6.07, 6.45) is 0.719. The largest absolute Gasteiger partial charge is 0.544 e. The molecule has 0 saturated carbocycles. The van der Waals surface area contributed by atoms with Crippen LogP contribution in [0.4, 0.5) is 0 Å². The predicted octanol–water partition coefficient (Wildman–Crippen LogP) is 1.79. The molecule has 0 atom stereocenters. The van der Waals surface area contributed by atoms with Crippen molar-refractivity contribution in [1.82, 2.24) is 0 Å². The van der Waals surface area contributed by atoms with Crippen LogP contribution in [0.15, 0.2) is 30.3 Å². The van der Waals surface area contributed by atoms with Crippen LogP contribution in [0, 0.1) is 5.41 Å². The minimum atomic E-state index is -1.53. The highest BCUT2D eigenvalue weighted by Gasteiger charge is 2.45. The topological polar surface area (TPSA) is 27.7 Å². The number of hydrogen-bond acceptors (Lipinski definition) is 3. The minimum Gasteiger partial charge on any atom is -0.544 e. The Morgan fingerprint density at radius 1 is 1.06 bits per heavy atom. The normalized spacial score (nSPS) is 37.6. The van der Waals surface area contributed by atoms with Crippen LogP contribution >= 0.6 is 0 Å². The minimum absolute atomic E-state index is 0.0557. The molecule has 0 aliphatic carbocycles. The van der Waals surface area contributed by atoms with E-state index in [-0.39, 0.29) is 5.41 Å². The summed E-state index contributed by atoms with van der Waals surface area (Å²) < 4.78 is 17.4. The van der Waals surface area contributed by atoms with Gasteiger partial charge in [-0.05, 0) is 0 Å². The molecule has 16 heavy (non-hydrogen) atoms. The van der Waals surface area contributed by atoms with Crippen molar-refractivity contribution in [2.24, 2.45) is 5.41 Å². The van der Waals surface area contributed by atoms with E-state index in [1.54, 1.807) is 0 Å². The van der Waals surface area contributed by atoms with Crippen molar-refractivity contribution >= 4 is 6.75 Å². The van der Waals surface area contributed by atoms with Crippen LogP contribution in [0.2, 0.25) is 0 Å². The second-order valence-electron chi connectivity index (χ2n) is 5.22. The Labute approximate surface area is 95.7 Å². The Hall–Kier alpha value is -0.835. The van der Waals surface area contributed by atoms with Crippen molar-refractivity contribution in [2.45, 2.75) is 13.2 Å². The molecule has 1 aromatic rings. The molecule has 3 heterocycles. The Bertz CT molecular complexity index is 355. The van der Waals surface area contributed by atoms with Gasteiger partial charge in [0.15, 0.2) is 0 Å². The lowest BCUT2D eigenvalue weighted by molar-refractivity contribution is -0.128. The Balaban J connectivity index is 1.76. The van der Waals surface area contributed by atoms with Crippen LogP contribution in [0.5, 0.6) is 0 Å². The molecule has 3 aliphatic heterocycles. The van der Waals surface area contributed by atoms with E-state index in [4.69, 9.17) is 14.0 Å². The van der Waals surface area contributed by atoms with Gasteiger partial charge in [0, 0.05) is 25.2 Å². The molecular weight excluding hydrogens is 203 g/mol. The van der Waals surface area contributed by atoms with Crippen molar-refractivity contribution < 1.29 is 14.0 Å². The molecule has 86 valence electrons. The first-order valence-corrected chi connectivity index (χ1v) is 5.81. The summed E-state index contributed by atoms with van der Waals surface area (Å²) in [5, 5.41) is 0. The standard InChI is InChI=1S/C12H16BO3/c1-12-8-14-13(15-9-12,16-10-12)7-11-5-3-2-4-6-11/h2-6H,7-10H2,1H3/q-1. The van der Waals surface area contributed by atoms with E-state index in [1.165, 1.54) is 5.56 Å². The molecule has 2 bridgehead atoms. The predicted molar refractivity (Wildman–Crippen MR) is 61.9 cm³/mol. The molecule has 0 unspecified atom stereocenters. The maximum atomic E-state index is 5.79. The van der Waals surface area contributed by atoms with Crippen molar-refractivity contribution in [1.29, 1.82) is 0 Å². The number of fused-ring (bicyclic) bond motifs is 3. The van der Waals surface area contributed by atoms with Crippen LogP contribution in [0.25, 0.3) is 0 Å². The van der Waals surface area contributed by atoms with Gasteiger partial charge in [-0.15, -0.1) is 0 Å². The molecule has 3 fully saturated rings. The first-order chi connectivity index (χ1) is 7.70. The summed E-state index contributed by atoms with van der Waals surface area (Å²) >= 11 is 0. The SMILES string of the molecule is CC12CO[B-](Cc3ccccc3)(OC1)OC2. The smallest absolute Gasteiger partial charge is 0.383 e. The monoisotopic (exact) mass is 219 g/mol. The number of rotatable bonds is 2. The first kappa shape index (κ1) is 10.3. The van der Waals surface area contributed by atoms with Crippen LogP contribution < -0.4 is 0 Å². The van der Waals surface area contributed by atoms with E-state index < -0.39 is 6.75 Å². The fourth-order valence-corrected chi connectivity index (χ4v) is 2.33. The van der Waals surface area contributed by atoms with Crippen LogP contribution in [-0.4, -0.2) is 26.6 Å². The maximum absolute atomic E-state index is 5.79. The van der Waals surface area contributed by atoms with Crippen LogP contribution in [0.3, 0.4) is 0 Å². The third kappa shape index (κ3) is 1.77. The van der Waals surface area contributed by atoms with Crippen molar-refractivity contribution in [3.05, 3.63) is 35.9 Å². The van der Waals surface area contributed by atoms with E-state index in [0.29, 0.717) is 0 Å². The van der Waals surface area contributed by atoms with E-state index in [2.05, 4.69) is 19.1 Å². The number of hydrogen-bond donors (Lipinski definition) is 0. The quantitative estimate of drug-likeness (QED) is 0.709. The van der Waals surface area contributed by atoms with Gasteiger partial charge in [-0.25, -0.2) is 0 Å². The van der Waals surface area contributed by atoms with Crippen LogP contribution in [0.1, 0.15) is 12.5 Å². The van der Waals surface area contributed by atoms with E-state index in [0.717, 1.165) is 26.1 Å². The summed E-state index contributed by atoms with van der Waals surface area (Å²) in [5.74, 6) is 0. The summed E-state index contributed by atoms with van der Waals surface area (Å²) in [5.41, 5.74) is 1.26. The zero-order chi connectivity index (χ0) is 11.1. The van der Waals surface area contributed by atoms with Crippen LogP contribution in [-0.2, 0) is 20.3 Å². The van der Waals surface area contributed by atoms with Gasteiger partial charge in [0.2, 0.25) is 0 Å².